The Balaban J connectivity index is 0.00000123. The maximum absolute atomic E-state index is 12.5. The van der Waals surface area contributed by atoms with Gasteiger partial charge in [0.1, 0.15) is 23.4 Å². The monoisotopic (exact) mass is 1020 g/mol. The lowest BCUT2D eigenvalue weighted by Gasteiger charge is -2.29. The minimum atomic E-state index is -1.06. The number of hydrogen-bond donors (Lipinski definition) is 6. The Bertz CT molecular complexity index is 2020. The number of likely N-dealkylation sites (N-methyl/N-ethyl adjacent to an activating group) is 1. The van der Waals surface area contributed by atoms with Gasteiger partial charge in [0.05, 0.1) is 31.7 Å². The predicted molar refractivity (Wildman–Crippen MR) is 280 cm³/mol. The molecule has 0 radical (unpaired) electrons. The normalized spacial score (nSPS) is 14.3. The molecule has 1 unspecified atom stereocenters. The van der Waals surface area contributed by atoms with Crippen LogP contribution in [-0.2, 0) is 38.3 Å². The molecule has 4 rings (SSSR count). The second kappa shape index (κ2) is 36.9. The van der Waals surface area contributed by atoms with Crippen molar-refractivity contribution >= 4 is 53.2 Å². The molecule has 20 heteroatoms. The zero-order valence-electron chi connectivity index (χ0n) is 44.9. The van der Waals surface area contributed by atoms with Crippen LogP contribution in [0.2, 0.25) is 0 Å². The van der Waals surface area contributed by atoms with Gasteiger partial charge in [-0.25, -0.2) is 9.78 Å². The van der Waals surface area contributed by atoms with E-state index in [1.807, 2.05) is 0 Å². The lowest BCUT2D eigenvalue weighted by Crippen LogP contribution is -2.52. The number of benzene rings is 1. The standard InChI is InChI=1S/C26H39N5O7.C15H21N5O3.C7H14.C3H8.C2H2/c1-8-31(25(37)38-26(3,4)5)16-17(2)22(34)27-14-19(32)23(35)28-15-20(33)29-21(24(36)30(6)7)18-12-10-9-11-13-18;16-12(21)9-19-15(23)13(10-4-2-1-3-5-10)20-14(22)11-8-17-6-7-18-11;1-7-5-3-2-4-6-7;1-3-2;1-2/h9-13,17,21H,8,14-16H2,1-7H3,(H,27,34)(H,28,35)(H,29,33);6-8,10,13H,1-5,9H2,(H2,16,21)(H,19,23)(H,20,22);7H,2-6H2,1H3;3H2,1-2H3;1-2H/t17-,21-;;;;/m0..../s1. The molecule has 2 saturated carbocycles. The fourth-order valence-electron chi connectivity index (χ4n) is 7.24. The van der Waals surface area contributed by atoms with Crippen LogP contribution in [0.5, 0.6) is 0 Å². The molecule has 8 amide bonds. The molecule has 2 aliphatic rings. The Morgan fingerprint density at radius 1 is 0.781 bits per heavy atom. The number of amides is 8. The Hall–Kier alpha value is -6.91. The van der Waals surface area contributed by atoms with Crippen molar-refractivity contribution in [2.45, 2.75) is 144 Å². The van der Waals surface area contributed by atoms with E-state index in [9.17, 15) is 43.2 Å². The van der Waals surface area contributed by atoms with Crippen LogP contribution in [0.15, 0.2) is 48.9 Å². The van der Waals surface area contributed by atoms with E-state index in [0.29, 0.717) is 12.1 Å². The van der Waals surface area contributed by atoms with Gasteiger partial charge in [0, 0.05) is 39.6 Å². The molecule has 2 aliphatic carbocycles. The van der Waals surface area contributed by atoms with Crippen molar-refractivity contribution in [3.8, 4) is 12.8 Å². The number of terminal acetylenes is 1. The fourth-order valence-corrected chi connectivity index (χ4v) is 7.24. The van der Waals surface area contributed by atoms with Gasteiger partial charge in [-0.3, -0.25) is 43.3 Å². The summed E-state index contributed by atoms with van der Waals surface area (Å²) < 4.78 is 5.32. The number of nitrogens with zero attached hydrogens (tertiary/aromatic N) is 4. The second-order valence-corrected chi connectivity index (χ2v) is 19.0. The molecule has 1 heterocycles. The molecule has 0 saturated heterocycles. The van der Waals surface area contributed by atoms with Gasteiger partial charge in [0.15, 0.2) is 0 Å². The van der Waals surface area contributed by atoms with Crippen molar-refractivity contribution in [3.63, 3.8) is 0 Å². The SMILES string of the molecule is C#C.CC1CCCCC1.CCC.CCN(C[C@H](C)C(=O)NCC(=O)C(=O)NCC(=O)N[C@H](C(=O)N(C)C)c1ccccc1)C(=O)OC(C)(C)C.NC(=O)CNC(=O)C(NC(=O)c1cnccn1)C1CCCCC1. The number of nitrogens with two attached hydrogens (primary N) is 1. The highest BCUT2D eigenvalue weighted by molar-refractivity contribution is 6.37. The van der Waals surface area contributed by atoms with Gasteiger partial charge >= 0.3 is 6.09 Å². The quantitative estimate of drug-likeness (QED) is 0.0881. The molecule has 20 nitrogen and oxygen atoms in total. The highest BCUT2D eigenvalue weighted by atomic mass is 16.6. The number of rotatable bonds is 18. The van der Waals surface area contributed by atoms with Crippen LogP contribution >= 0.6 is 0 Å². The van der Waals surface area contributed by atoms with Gasteiger partial charge in [-0.15, -0.1) is 12.8 Å². The summed E-state index contributed by atoms with van der Waals surface area (Å²) in [5, 5.41) is 12.3. The fraction of sp³-hybridized carbons (Fsp3) is 0.604. The van der Waals surface area contributed by atoms with E-state index in [1.165, 1.54) is 66.9 Å². The molecular weight excluding hydrogens is 937 g/mol. The Labute approximate surface area is 433 Å². The number of Topliss-reactive ketones (excluding diaryl/α,β-unsaturated/α-hetero) is 1. The number of aromatic nitrogens is 2. The number of ketones is 1. The lowest BCUT2D eigenvalue weighted by molar-refractivity contribution is -0.139. The molecule has 7 N–H and O–H groups in total. The van der Waals surface area contributed by atoms with Crippen LogP contribution in [0.25, 0.3) is 0 Å². The summed E-state index contributed by atoms with van der Waals surface area (Å²) in [6, 6.07) is 6.93. The van der Waals surface area contributed by atoms with E-state index in [1.54, 1.807) is 79.0 Å². The number of hydrogen-bond acceptors (Lipinski definition) is 12. The van der Waals surface area contributed by atoms with Crippen molar-refractivity contribution in [1.29, 1.82) is 0 Å². The van der Waals surface area contributed by atoms with Crippen molar-refractivity contribution in [3.05, 3.63) is 60.2 Å². The molecule has 0 bridgehead atoms. The zero-order valence-corrected chi connectivity index (χ0v) is 44.9. The number of carbonyl (C=O) groups is 9. The first-order valence-electron chi connectivity index (χ1n) is 25.1. The first-order valence-corrected chi connectivity index (χ1v) is 25.1. The summed E-state index contributed by atoms with van der Waals surface area (Å²) in [6.45, 7) is 14.2. The average molecular weight is 1020 g/mol. The summed E-state index contributed by atoms with van der Waals surface area (Å²) in [4.78, 5) is 120. The number of carbonyl (C=O) groups excluding carboxylic acids is 9. The van der Waals surface area contributed by atoms with Crippen molar-refractivity contribution in [2.75, 3.05) is 46.8 Å². The van der Waals surface area contributed by atoms with Gasteiger partial charge in [-0.05, 0) is 57.9 Å². The average Bonchev–Trinajstić information content (AvgIpc) is 3.37. The summed E-state index contributed by atoms with van der Waals surface area (Å²) in [5.41, 5.74) is 5.08. The van der Waals surface area contributed by atoms with Gasteiger partial charge in [-0.1, -0.05) is 116 Å². The number of ether oxygens (including phenoxy) is 1. The maximum Gasteiger partial charge on any atom is 0.410 e. The van der Waals surface area contributed by atoms with E-state index >= 15 is 0 Å². The highest BCUT2D eigenvalue weighted by Crippen LogP contribution is 2.27. The van der Waals surface area contributed by atoms with Crippen LogP contribution in [-0.4, -0.2) is 131 Å². The summed E-state index contributed by atoms with van der Waals surface area (Å²) in [5.74, 6) is -4.66. The van der Waals surface area contributed by atoms with E-state index in [4.69, 9.17) is 10.5 Å². The molecule has 2 fully saturated rings. The van der Waals surface area contributed by atoms with Gasteiger partial charge in [-0.2, -0.15) is 0 Å². The van der Waals surface area contributed by atoms with Crippen LogP contribution in [0.4, 0.5) is 4.79 Å². The number of nitrogens with one attached hydrogen (secondary N) is 5. The lowest BCUT2D eigenvalue weighted by atomic mass is 9.83. The number of primary amides is 1. The first kappa shape index (κ1) is 66.1. The largest absolute Gasteiger partial charge is 0.444 e. The van der Waals surface area contributed by atoms with Gasteiger partial charge < -0.3 is 46.9 Å². The molecule has 73 heavy (non-hydrogen) atoms. The summed E-state index contributed by atoms with van der Waals surface area (Å²) >= 11 is 0. The van der Waals surface area contributed by atoms with E-state index in [0.717, 1.165) is 38.0 Å². The van der Waals surface area contributed by atoms with E-state index in [2.05, 4.69) is 70.2 Å². The smallest absolute Gasteiger partial charge is 0.410 e. The molecule has 1 aromatic heterocycles. The highest BCUT2D eigenvalue weighted by Gasteiger charge is 2.32. The topological polar surface area (TPSA) is 281 Å². The first-order chi connectivity index (χ1) is 34.5. The third-order valence-electron chi connectivity index (χ3n) is 11.0. The third-order valence-corrected chi connectivity index (χ3v) is 11.0. The van der Waals surface area contributed by atoms with E-state index in [-0.39, 0.29) is 30.6 Å². The molecule has 406 valence electrons. The van der Waals surface area contributed by atoms with Crippen LogP contribution in [0.1, 0.15) is 148 Å². The second-order valence-electron chi connectivity index (χ2n) is 19.0. The predicted octanol–water partition coefficient (Wildman–Crippen LogP) is 4.64. The van der Waals surface area contributed by atoms with Crippen LogP contribution in [0, 0.1) is 30.6 Å². The summed E-state index contributed by atoms with van der Waals surface area (Å²) in [7, 11) is 3.11. The molecule has 2 aromatic rings. The van der Waals surface area contributed by atoms with Crippen molar-refractivity contribution in [1.82, 2.24) is 46.4 Å². The molecule has 3 atom stereocenters. The maximum atomic E-state index is 12.5. The van der Waals surface area contributed by atoms with Gasteiger partial charge in [0.2, 0.25) is 35.3 Å². The van der Waals surface area contributed by atoms with E-state index < -0.39 is 84.0 Å². The third kappa shape index (κ3) is 28.7. The molecule has 1 aromatic carbocycles. The van der Waals surface area contributed by atoms with Crippen LogP contribution < -0.4 is 32.3 Å². The van der Waals surface area contributed by atoms with Crippen molar-refractivity contribution < 1.29 is 47.9 Å². The van der Waals surface area contributed by atoms with Crippen molar-refractivity contribution in [2.24, 2.45) is 23.5 Å². The Morgan fingerprint density at radius 2 is 1.34 bits per heavy atom. The molecule has 0 aliphatic heterocycles. The minimum absolute atomic E-state index is 0.0391. The Kier molecular flexibility index (Phi) is 33.4. The van der Waals surface area contributed by atoms with Gasteiger partial charge in [0.25, 0.3) is 11.8 Å². The molecule has 0 spiro atoms. The molecular formula is C53H84N10O10. The Morgan fingerprint density at radius 3 is 1.82 bits per heavy atom. The van der Waals surface area contributed by atoms with Crippen LogP contribution in [0.3, 0.4) is 0 Å². The summed E-state index contributed by atoms with van der Waals surface area (Å²) in [6.07, 6.45) is 25.2. The minimum Gasteiger partial charge on any atom is -0.444 e. The zero-order chi connectivity index (χ0) is 55.5.